The number of hydrogen-bond acceptors (Lipinski definition) is 7. The van der Waals surface area contributed by atoms with Gasteiger partial charge in [0, 0.05) is 0 Å². The Labute approximate surface area is 103 Å². The number of rotatable bonds is 6. The Balaban J connectivity index is 3.11. The van der Waals surface area contributed by atoms with Gasteiger partial charge in [-0.25, -0.2) is 4.98 Å². The minimum absolute atomic E-state index is 0.0995. The number of ether oxygens (including phenoxy) is 1. The summed E-state index contributed by atoms with van der Waals surface area (Å²) in [5.41, 5.74) is 16.0. The van der Waals surface area contributed by atoms with E-state index in [9.17, 15) is 9.59 Å². The van der Waals surface area contributed by atoms with Crippen molar-refractivity contribution in [3.8, 4) is 5.88 Å². The predicted molar refractivity (Wildman–Crippen MR) is 63.6 cm³/mol. The summed E-state index contributed by atoms with van der Waals surface area (Å²) in [5, 5.41) is 0. The van der Waals surface area contributed by atoms with E-state index >= 15 is 0 Å². The molecule has 6 N–H and O–H groups in total. The third kappa shape index (κ3) is 3.20. The third-order valence-corrected chi connectivity index (χ3v) is 2.01. The van der Waals surface area contributed by atoms with Crippen LogP contribution < -0.4 is 26.8 Å². The molecular formula is C9H14N6O3. The molecule has 0 aliphatic carbocycles. The highest BCUT2D eigenvalue weighted by atomic mass is 16.5. The van der Waals surface area contributed by atoms with Crippen molar-refractivity contribution in [1.29, 1.82) is 0 Å². The van der Waals surface area contributed by atoms with Gasteiger partial charge in [0.15, 0.2) is 5.82 Å². The molecule has 9 nitrogen and oxygen atoms in total. The predicted octanol–water partition coefficient (Wildman–Crippen LogP) is -2.16. The standard InChI is InChI=1S/C9H14N6O3/c1-18-9-7(12)8(13-4-14-9)15(2-5(10)16)3-6(11)17/h4H,2-3,12H2,1H3,(H2,10,16)(H2,11,17). The Morgan fingerprint density at radius 1 is 1.28 bits per heavy atom. The largest absolute Gasteiger partial charge is 0.479 e. The molecule has 98 valence electrons. The summed E-state index contributed by atoms with van der Waals surface area (Å²) in [6, 6.07) is 0. The van der Waals surface area contributed by atoms with E-state index in [0.717, 1.165) is 0 Å². The average molecular weight is 254 g/mol. The van der Waals surface area contributed by atoms with Crippen LogP contribution in [0.3, 0.4) is 0 Å². The second kappa shape index (κ2) is 5.66. The zero-order valence-corrected chi connectivity index (χ0v) is 9.79. The number of aromatic nitrogens is 2. The van der Waals surface area contributed by atoms with Gasteiger partial charge < -0.3 is 26.8 Å². The van der Waals surface area contributed by atoms with Crippen LogP contribution in [-0.4, -0.2) is 42.0 Å². The summed E-state index contributed by atoms with van der Waals surface area (Å²) in [7, 11) is 1.38. The van der Waals surface area contributed by atoms with Gasteiger partial charge in [0.05, 0.1) is 20.2 Å². The molecule has 0 aliphatic heterocycles. The molecule has 18 heavy (non-hydrogen) atoms. The van der Waals surface area contributed by atoms with Gasteiger partial charge in [-0.2, -0.15) is 4.98 Å². The minimum atomic E-state index is -0.645. The first-order chi connectivity index (χ1) is 8.45. The van der Waals surface area contributed by atoms with Crippen molar-refractivity contribution >= 4 is 23.3 Å². The second-order valence-corrected chi connectivity index (χ2v) is 3.41. The fourth-order valence-corrected chi connectivity index (χ4v) is 1.37. The van der Waals surface area contributed by atoms with Crippen LogP contribution in [0.4, 0.5) is 11.5 Å². The summed E-state index contributed by atoms with van der Waals surface area (Å²) < 4.78 is 4.91. The molecule has 1 aromatic heterocycles. The molecule has 0 unspecified atom stereocenters. The van der Waals surface area contributed by atoms with Gasteiger partial charge in [0.2, 0.25) is 17.7 Å². The van der Waals surface area contributed by atoms with E-state index in [4.69, 9.17) is 21.9 Å². The van der Waals surface area contributed by atoms with Crippen LogP contribution in [0.2, 0.25) is 0 Å². The van der Waals surface area contributed by atoms with Gasteiger partial charge in [-0.1, -0.05) is 0 Å². The molecule has 1 heterocycles. The van der Waals surface area contributed by atoms with Crippen molar-refractivity contribution in [3.05, 3.63) is 6.33 Å². The molecule has 0 radical (unpaired) electrons. The van der Waals surface area contributed by atoms with Gasteiger partial charge in [-0.3, -0.25) is 9.59 Å². The number of amides is 2. The lowest BCUT2D eigenvalue weighted by Gasteiger charge is -2.22. The van der Waals surface area contributed by atoms with Crippen LogP contribution in [0.25, 0.3) is 0 Å². The molecule has 0 fully saturated rings. The van der Waals surface area contributed by atoms with Gasteiger partial charge >= 0.3 is 0 Å². The highest BCUT2D eigenvalue weighted by molar-refractivity contribution is 5.86. The SMILES string of the molecule is COc1ncnc(N(CC(N)=O)CC(N)=O)c1N. The maximum Gasteiger partial charge on any atom is 0.242 e. The van der Waals surface area contributed by atoms with E-state index in [2.05, 4.69) is 9.97 Å². The van der Waals surface area contributed by atoms with Crippen LogP contribution in [0.15, 0.2) is 6.33 Å². The molecule has 0 saturated carbocycles. The highest BCUT2D eigenvalue weighted by Gasteiger charge is 2.18. The number of carbonyl (C=O) groups is 2. The minimum Gasteiger partial charge on any atom is -0.479 e. The molecule has 2 amide bonds. The summed E-state index contributed by atoms with van der Waals surface area (Å²) in [6.45, 7) is -0.486. The fraction of sp³-hybridized carbons (Fsp3) is 0.333. The Morgan fingerprint density at radius 3 is 2.28 bits per heavy atom. The first kappa shape index (κ1) is 13.5. The number of nitrogens with zero attached hydrogens (tertiary/aromatic N) is 3. The van der Waals surface area contributed by atoms with Crippen molar-refractivity contribution < 1.29 is 14.3 Å². The van der Waals surface area contributed by atoms with Crippen LogP contribution in [-0.2, 0) is 9.59 Å². The van der Waals surface area contributed by atoms with Crippen molar-refractivity contribution in [2.75, 3.05) is 30.8 Å². The number of nitrogen functional groups attached to an aromatic ring is 1. The van der Waals surface area contributed by atoms with Crippen LogP contribution in [0, 0.1) is 0 Å². The topological polar surface area (TPSA) is 150 Å². The maximum atomic E-state index is 10.9. The Hall–Kier alpha value is -2.58. The second-order valence-electron chi connectivity index (χ2n) is 3.41. The van der Waals surface area contributed by atoms with E-state index in [0.29, 0.717) is 0 Å². The highest BCUT2D eigenvalue weighted by Crippen LogP contribution is 2.26. The lowest BCUT2D eigenvalue weighted by Crippen LogP contribution is -2.40. The molecule has 0 spiro atoms. The monoisotopic (exact) mass is 254 g/mol. The first-order valence-corrected chi connectivity index (χ1v) is 4.91. The quantitative estimate of drug-likeness (QED) is 0.523. The van der Waals surface area contributed by atoms with E-state index in [-0.39, 0.29) is 30.5 Å². The molecular weight excluding hydrogens is 240 g/mol. The van der Waals surface area contributed by atoms with Crippen LogP contribution >= 0.6 is 0 Å². The molecule has 0 atom stereocenters. The summed E-state index contributed by atoms with van der Waals surface area (Å²) in [6.07, 6.45) is 1.19. The number of methoxy groups -OCH3 is 1. The van der Waals surface area contributed by atoms with E-state index in [1.165, 1.54) is 18.3 Å². The van der Waals surface area contributed by atoms with Crippen LogP contribution in [0.1, 0.15) is 0 Å². The number of hydrogen-bond donors (Lipinski definition) is 3. The number of carbonyl (C=O) groups excluding carboxylic acids is 2. The molecule has 0 aliphatic rings. The van der Waals surface area contributed by atoms with Gasteiger partial charge in [0.25, 0.3) is 0 Å². The van der Waals surface area contributed by atoms with Crippen molar-refractivity contribution in [2.45, 2.75) is 0 Å². The molecule has 9 heteroatoms. The Morgan fingerprint density at radius 2 is 1.83 bits per heavy atom. The molecule has 1 rings (SSSR count). The van der Waals surface area contributed by atoms with Crippen molar-refractivity contribution in [3.63, 3.8) is 0 Å². The zero-order chi connectivity index (χ0) is 13.7. The average Bonchev–Trinajstić information content (AvgIpc) is 2.27. The van der Waals surface area contributed by atoms with E-state index in [1.54, 1.807) is 0 Å². The third-order valence-electron chi connectivity index (χ3n) is 2.01. The van der Waals surface area contributed by atoms with Crippen molar-refractivity contribution in [2.24, 2.45) is 11.5 Å². The Kier molecular flexibility index (Phi) is 4.24. The molecule has 1 aromatic rings. The lowest BCUT2D eigenvalue weighted by molar-refractivity contribution is -0.117. The first-order valence-electron chi connectivity index (χ1n) is 4.91. The number of primary amides is 2. The van der Waals surface area contributed by atoms with E-state index < -0.39 is 11.8 Å². The van der Waals surface area contributed by atoms with Crippen LogP contribution in [0.5, 0.6) is 5.88 Å². The number of anilines is 2. The van der Waals surface area contributed by atoms with Gasteiger partial charge in [-0.15, -0.1) is 0 Å². The summed E-state index contributed by atoms with van der Waals surface area (Å²) in [4.78, 5) is 30.8. The van der Waals surface area contributed by atoms with Gasteiger partial charge in [0.1, 0.15) is 12.0 Å². The molecule has 0 bridgehead atoms. The summed E-state index contributed by atoms with van der Waals surface area (Å²) >= 11 is 0. The Bertz CT molecular complexity index is 448. The van der Waals surface area contributed by atoms with Crippen molar-refractivity contribution in [1.82, 2.24) is 9.97 Å². The number of nitrogens with two attached hydrogens (primary N) is 3. The summed E-state index contributed by atoms with van der Waals surface area (Å²) in [5.74, 6) is -0.986. The van der Waals surface area contributed by atoms with Gasteiger partial charge in [-0.05, 0) is 0 Å². The fourth-order valence-electron chi connectivity index (χ4n) is 1.37. The zero-order valence-electron chi connectivity index (χ0n) is 9.79. The van der Waals surface area contributed by atoms with E-state index in [1.807, 2.05) is 0 Å². The smallest absolute Gasteiger partial charge is 0.242 e. The normalized spacial score (nSPS) is 9.83. The molecule has 0 saturated heterocycles. The lowest BCUT2D eigenvalue weighted by atomic mass is 10.3. The molecule has 0 aromatic carbocycles. The maximum absolute atomic E-state index is 10.9.